The molecule has 2 saturated heterocycles. The summed E-state index contributed by atoms with van der Waals surface area (Å²) < 4.78 is 17.4. The van der Waals surface area contributed by atoms with Crippen LogP contribution in [-0.4, -0.2) is 37.6 Å². The number of rotatable bonds is 14. The number of benzene rings is 2. The van der Waals surface area contributed by atoms with Crippen LogP contribution in [0.15, 0.2) is 73.8 Å². The van der Waals surface area contributed by atoms with Crippen molar-refractivity contribution in [3.05, 3.63) is 96.1 Å². The van der Waals surface area contributed by atoms with Gasteiger partial charge < -0.3 is 14.2 Å². The highest BCUT2D eigenvalue weighted by atomic mass is 16.6. The lowest BCUT2D eigenvalue weighted by Gasteiger charge is -2.02. The first-order valence-corrected chi connectivity index (χ1v) is 11.5. The fourth-order valence-electron chi connectivity index (χ4n) is 4.09. The number of hydrogen-bond acceptors (Lipinski definition) is 3. The summed E-state index contributed by atoms with van der Waals surface area (Å²) >= 11 is 0. The van der Waals surface area contributed by atoms with Gasteiger partial charge in [0.15, 0.2) is 0 Å². The molecule has 4 rings (SSSR count). The molecule has 2 heterocycles. The molecular formula is C28H34O3. The minimum Gasteiger partial charge on any atom is -0.376 e. The Morgan fingerprint density at radius 2 is 1.00 bits per heavy atom. The van der Waals surface area contributed by atoms with Crippen molar-refractivity contribution in [2.45, 2.75) is 62.9 Å². The molecule has 2 fully saturated rings. The molecule has 2 aliphatic heterocycles. The molecule has 2 aromatic carbocycles. The number of aryl methyl sites for hydroxylation is 2. The van der Waals surface area contributed by atoms with Crippen molar-refractivity contribution in [2.75, 3.05) is 13.2 Å². The molecule has 0 spiro atoms. The normalized spacial score (nSPS) is 24.0. The van der Waals surface area contributed by atoms with Crippen molar-refractivity contribution < 1.29 is 14.2 Å². The summed E-state index contributed by atoms with van der Waals surface area (Å²) in [6, 6.07) is 17.6. The van der Waals surface area contributed by atoms with Crippen LogP contribution in [-0.2, 0) is 39.9 Å². The summed E-state index contributed by atoms with van der Waals surface area (Å²) in [6.07, 6.45) is 11.2. The third-order valence-electron chi connectivity index (χ3n) is 6.18. The fraction of sp³-hybridized carbons (Fsp3) is 0.429. The van der Waals surface area contributed by atoms with E-state index < -0.39 is 0 Å². The summed E-state index contributed by atoms with van der Waals surface area (Å²) in [5.74, 6) is 0. The molecule has 3 nitrogen and oxygen atoms in total. The van der Waals surface area contributed by atoms with Gasteiger partial charge in [-0.25, -0.2) is 0 Å². The Kier molecular flexibility index (Phi) is 7.74. The van der Waals surface area contributed by atoms with Crippen molar-refractivity contribution >= 4 is 0 Å². The van der Waals surface area contributed by atoms with E-state index in [1.165, 1.54) is 22.3 Å². The molecule has 0 aromatic heterocycles. The summed E-state index contributed by atoms with van der Waals surface area (Å²) in [4.78, 5) is 0. The van der Waals surface area contributed by atoms with Gasteiger partial charge in [-0.05, 0) is 60.8 Å². The van der Waals surface area contributed by atoms with E-state index in [2.05, 4.69) is 61.7 Å². The molecule has 0 amide bonds. The first-order chi connectivity index (χ1) is 15.2. The van der Waals surface area contributed by atoms with Gasteiger partial charge in [0, 0.05) is 0 Å². The molecule has 3 heteroatoms. The lowest BCUT2D eigenvalue weighted by Crippen LogP contribution is -2.11. The molecular weight excluding hydrogens is 384 g/mol. The quantitative estimate of drug-likeness (QED) is 0.310. The lowest BCUT2D eigenvalue weighted by atomic mass is 10.0. The van der Waals surface area contributed by atoms with Crippen LogP contribution in [0.5, 0.6) is 0 Å². The van der Waals surface area contributed by atoms with Crippen LogP contribution in [0.4, 0.5) is 0 Å². The van der Waals surface area contributed by atoms with Gasteiger partial charge in [0.1, 0.15) is 12.2 Å². The monoisotopic (exact) mass is 418 g/mol. The predicted octanol–water partition coefficient (Wildman–Crippen LogP) is 5.26. The first-order valence-electron chi connectivity index (χ1n) is 11.5. The average Bonchev–Trinajstić information content (AvgIpc) is 3.71. The van der Waals surface area contributed by atoms with Crippen molar-refractivity contribution in [3.63, 3.8) is 0 Å². The molecule has 164 valence electrons. The third-order valence-corrected chi connectivity index (χ3v) is 6.18. The molecule has 4 atom stereocenters. The van der Waals surface area contributed by atoms with Gasteiger partial charge >= 0.3 is 0 Å². The maximum atomic E-state index is 5.86. The standard InChI is InChI=1S/C28H34O3/c1-3-5-21-7-11-23(12-8-21)15-17-25-27(30-25)19-29-20-28-26(31-28)18-16-24-13-9-22(6-4-2)10-14-24/h3-4,7-14,25-28H,1-2,5-6,15-20H2. The minimum absolute atomic E-state index is 0.256. The molecule has 0 saturated carbocycles. The van der Waals surface area contributed by atoms with Gasteiger partial charge in [-0.2, -0.15) is 0 Å². The van der Waals surface area contributed by atoms with Crippen LogP contribution in [0.3, 0.4) is 0 Å². The van der Waals surface area contributed by atoms with E-state index in [1.54, 1.807) is 0 Å². The molecule has 4 unspecified atom stereocenters. The second kappa shape index (κ2) is 10.9. The highest BCUT2D eigenvalue weighted by Gasteiger charge is 2.41. The second-order valence-electron chi connectivity index (χ2n) is 8.66. The van der Waals surface area contributed by atoms with Crippen LogP contribution in [0.1, 0.15) is 35.1 Å². The van der Waals surface area contributed by atoms with Gasteiger partial charge in [0.25, 0.3) is 0 Å². The Hall–Kier alpha value is -2.20. The van der Waals surface area contributed by atoms with E-state index in [0.717, 1.165) is 38.5 Å². The Morgan fingerprint density at radius 3 is 1.39 bits per heavy atom. The summed E-state index contributed by atoms with van der Waals surface area (Å²) in [6.45, 7) is 8.94. The summed E-state index contributed by atoms with van der Waals surface area (Å²) in [7, 11) is 0. The van der Waals surface area contributed by atoms with Crippen LogP contribution in [0.2, 0.25) is 0 Å². The topological polar surface area (TPSA) is 34.3 Å². The number of allylic oxidation sites excluding steroid dienone is 2. The molecule has 0 N–H and O–H groups in total. The van der Waals surface area contributed by atoms with Gasteiger partial charge in [-0.1, -0.05) is 60.7 Å². The first kappa shape index (κ1) is 22.0. The average molecular weight is 419 g/mol. The zero-order chi connectivity index (χ0) is 21.5. The summed E-state index contributed by atoms with van der Waals surface area (Å²) in [5, 5.41) is 0. The largest absolute Gasteiger partial charge is 0.376 e. The van der Waals surface area contributed by atoms with Gasteiger partial charge in [0.05, 0.1) is 25.4 Å². The smallest absolute Gasteiger partial charge is 0.107 e. The van der Waals surface area contributed by atoms with E-state index in [1.807, 2.05) is 12.2 Å². The molecule has 0 radical (unpaired) electrons. The number of ether oxygens (including phenoxy) is 3. The molecule has 0 bridgehead atoms. The zero-order valence-corrected chi connectivity index (χ0v) is 18.4. The molecule has 31 heavy (non-hydrogen) atoms. The Labute approximate surface area is 186 Å². The van der Waals surface area contributed by atoms with Crippen molar-refractivity contribution in [1.82, 2.24) is 0 Å². The third kappa shape index (κ3) is 6.90. The van der Waals surface area contributed by atoms with Crippen molar-refractivity contribution in [1.29, 1.82) is 0 Å². The zero-order valence-electron chi connectivity index (χ0n) is 18.4. The van der Waals surface area contributed by atoms with E-state index >= 15 is 0 Å². The SMILES string of the molecule is C=CCc1ccc(CCC2OC2COCC2OC2CCc2ccc(CC=C)cc2)cc1. The van der Waals surface area contributed by atoms with Crippen LogP contribution in [0.25, 0.3) is 0 Å². The van der Waals surface area contributed by atoms with Crippen LogP contribution < -0.4 is 0 Å². The molecule has 2 aliphatic rings. The van der Waals surface area contributed by atoms with Crippen molar-refractivity contribution in [3.8, 4) is 0 Å². The highest BCUT2D eigenvalue weighted by Crippen LogP contribution is 2.30. The minimum atomic E-state index is 0.256. The number of hydrogen-bond donors (Lipinski definition) is 0. The maximum Gasteiger partial charge on any atom is 0.107 e. The second-order valence-corrected chi connectivity index (χ2v) is 8.66. The van der Waals surface area contributed by atoms with E-state index in [-0.39, 0.29) is 12.2 Å². The van der Waals surface area contributed by atoms with Gasteiger partial charge in [-0.15, -0.1) is 13.2 Å². The Morgan fingerprint density at radius 1 is 0.613 bits per heavy atom. The van der Waals surface area contributed by atoms with E-state index in [0.29, 0.717) is 25.4 Å². The van der Waals surface area contributed by atoms with E-state index in [9.17, 15) is 0 Å². The predicted molar refractivity (Wildman–Crippen MR) is 125 cm³/mol. The Bertz CT molecular complexity index is 768. The number of epoxide rings is 2. The molecule has 0 aliphatic carbocycles. The van der Waals surface area contributed by atoms with Crippen LogP contribution >= 0.6 is 0 Å². The van der Waals surface area contributed by atoms with Gasteiger partial charge in [-0.3, -0.25) is 0 Å². The Balaban J connectivity index is 1.04. The van der Waals surface area contributed by atoms with Crippen LogP contribution in [0, 0.1) is 0 Å². The maximum absolute atomic E-state index is 5.86. The summed E-state index contributed by atoms with van der Waals surface area (Å²) in [5.41, 5.74) is 5.37. The van der Waals surface area contributed by atoms with Crippen molar-refractivity contribution in [2.24, 2.45) is 0 Å². The molecule has 2 aromatic rings. The van der Waals surface area contributed by atoms with Gasteiger partial charge in [0.2, 0.25) is 0 Å². The highest BCUT2D eigenvalue weighted by molar-refractivity contribution is 5.25. The lowest BCUT2D eigenvalue weighted by molar-refractivity contribution is 0.102. The fourth-order valence-corrected chi connectivity index (χ4v) is 4.09. The van der Waals surface area contributed by atoms with E-state index in [4.69, 9.17) is 14.2 Å².